The van der Waals surface area contributed by atoms with E-state index in [9.17, 15) is 4.79 Å². The number of piperidine rings is 1. The molecular weight excluding hydrogens is 391 g/mol. The molecule has 0 aromatic heterocycles. The van der Waals surface area contributed by atoms with Gasteiger partial charge in [0.1, 0.15) is 0 Å². The minimum atomic E-state index is 0. The van der Waals surface area contributed by atoms with E-state index in [1.54, 1.807) is 0 Å². The first-order chi connectivity index (χ1) is 10.2. The lowest BCUT2D eigenvalue weighted by atomic mass is 10.0. The van der Waals surface area contributed by atoms with Crippen molar-refractivity contribution in [3.63, 3.8) is 0 Å². The highest BCUT2D eigenvalue weighted by atomic mass is 127. The molecule has 2 aliphatic rings. The van der Waals surface area contributed by atoms with Gasteiger partial charge in [0.2, 0.25) is 5.91 Å². The lowest BCUT2D eigenvalue weighted by Gasteiger charge is -2.33. The number of nitrogens with zero attached hydrogens (tertiary/aromatic N) is 2. The van der Waals surface area contributed by atoms with Crippen molar-refractivity contribution in [3.05, 3.63) is 0 Å². The van der Waals surface area contributed by atoms with Crippen LogP contribution in [0.15, 0.2) is 4.99 Å². The van der Waals surface area contributed by atoms with Gasteiger partial charge in [-0.3, -0.25) is 9.79 Å². The van der Waals surface area contributed by atoms with Crippen molar-refractivity contribution >= 4 is 35.8 Å². The first-order valence-corrected chi connectivity index (χ1v) is 8.51. The smallest absolute Gasteiger partial charge is 0.220 e. The maximum atomic E-state index is 11.6. The molecule has 2 rings (SSSR count). The van der Waals surface area contributed by atoms with Gasteiger partial charge in [0.25, 0.3) is 0 Å². The monoisotopic (exact) mass is 422 g/mol. The Kier molecular flexibility index (Phi) is 9.12. The van der Waals surface area contributed by atoms with Gasteiger partial charge in [-0.2, -0.15) is 0 Å². The first kappa shape index (κ1) is 19.5. The van der Waals surface area contributed by atoms with Crippen LogP contribution in [0.2, 0.25) is 0 Å². The minimum absolute atomic E-state index is 0. The average molecular weight is 422 g/mol. The Bertz CT molecular complexity index is 371. The number of nitrogens with one attached hydrogen (secondary N) is 2. The fourth-order valence-corrected chi connectivity index (χ4v) is 2.76. The van der Waals surface area contributed by atoms with Crippen molar-refractivity contribution < 1.29 is 4.79 Å². The lowest BCUT2D eigenvalue weighted by molar-refractivity contribution is -0.121. The molecule has 6 heteroatoms. The molecule has 0 spiro atoms. The van der Waals surface area contributed by atoms with Crippen LogP contribution in [0.25, 0.3) is 0 Å². The summed E-state index contributed by atoms with van der Waals surface area (Å²) in [6.45, 7) is 8.22. The van der Waals surface area contributed by atoms with Gasteiger partial charge in [0.15, 0.2) is 5.96 Å². The average Bonchev–Trinajstić information content (AvgIpc) is 3.26. The van der Waals surface area contributed by atoms with Gasteiger partial charge in [-0.25, -0.2) is 0 Å². The molecule has 5 nitrogen and oxygen atoms in total. The van der Waals surface area contributed by atoms with Crippen LogP contribution in [0.3, 0.4) is 0 Å². The Morgan fingerprint density at radius 3 is 2.73 bits per heavy atom. The molecule has 22 heavy (non-hydrogen) atoms. The molecule has 2 N–H and O–H groups in total. The zero-order chi connectivity index (χ0) is 15.1. The van der Waals surface area contributed by atoms with Gasteiger partial charge in [-0.05, 0) is 44.9 Å². The summed E-state index contributed by atoms with van der Waals surface area (Å²) in [5, 5.41) is 6.40. The fourth-order valence-electron chi connectivity index (χ4n) is 2.76. The van der Waals surface area contributed by atoms with Gasteiger partial charge in [0, 0.05) is 38.6 Å². The van der Waals surface area contributed by atoms with Gasteiger partial charge >= 0.3 is 0 Å². The summed E-state index contributed by atoms with van der Waals surface area (Å²) in [4.78, 5) is 18.7. The first-order valence-electron chi connectivity index (χ1n) is 8.51. The number of halogens is 1. The molecule has 0 bridgehead atoms. The summed E-state index contributed by atoms with van der Waals surface area (Å²) in [5.74, 6) is 1.95. The minimum Gasteiger partial charge on any atom is -0.357 e. The number of amides is 1. The summed E-state index contributed by atoms with van der Waals surface area (Å²) in [7, 11) is 0. The highest BCUT2D eigenvalue weighted by Gasteiger charge is 2.22. The maximum absolute atomic E-state index is 11.6. The quantitative estimate of drug-likeness (QED) is 0.299. The van der Waals surface area contributed by atoms with Crippen molar-refractivity contribution in [1.82, 2.24) is 15.5 Å². The van der Waals surface area contributed by atoms with Crippen LogP contribution in [0.5, 0.6) is 0 Å². The number of hydrogen-bond donors (Lipinski definition) is 2. The highest BCUT2D eigenvalue weighted by Crippen LogP contribution is 2.18. The summed E-state index contributed by atoms with van der Waals surface area (Å²) < 4.78 is 0. The van der Waals surface area contributed by atoms with Crippen LogP contribution in [0, 0.1) is 5.92 Å². The standard InChI is InChI=1S/C16H30N4O.HI/c1-3-17-16(20-11-5-6-13(2)12-20)18-10-4-7-15(21)19-14-8-9-14;/h13-14H,3-12H2,1-2H3,(H,17,18)(H,19,21);1H. The second-order valence-electron chi connectivity index (χ2n) is 6.37. The molecule has 1 heterocycles. The number of guanidine groups is 1. The van der Waals surface area contributed by atoms with Gasteiger partial charge in [-0.15, -0.1) is 24.0 Å². The van der Waals surface area contributed by atoms with E-state index in [1.807, 2.05) is 0 Å². The Balaban J connectivity index is 0.00000242. The molecule has 1 aliphatic heterocycles. The second-order valence-corrected chi connectivity index (χ2v) is 6.37. The van der Waals surface area contributed by atoms with E-state index in [0.717, 1.165) is 57.3 Å². The van der Waals surface area contributed by atoms with E-state index in [2.05, 4.69) is 34.4 Å². The summed E-state index contributed by atoms with van der Waals surface area (Å²) in [6.07, 6.45) is 6.29. The molecule has 1 saturated heterocycles. The van der Waals surface area contributed by atoms with Crippen LogP contribution in [-0.4, -0.2) is 49.0 Å². The van der Waals surface area contributed by atoms with Gasteiger partial charge < -0.3 is 15.5 Å². The zero-order valence-electron chi connectivity index (χ0n) is 13.9. The molecule has 0 aromatic rings. The van der Waals surface area contributed by atoms with E-state index in [0.29, 0.717) is 12.5 Å². The Hall–Kier alpha value is -0.530. The van der Waals surface area contributed by atoms with E-state index in [1.165, 1.54) is 12.8 Å². The second kappa shape index (κ2) is 10.3. The lowest BCUT2D eigenvalue weighted by Crippen LogP contribution is -2.46. The Morgan fingerprint density at radius 2 is 2.09 bits per heavy atom. The van der Waals surface area contributed by atoms with Crippen molar-refractivity contribution in [3.8, 4) is 0 Å². The van der Waals surface area contributed by atoms with Gasteiger partial charge in [0.05, 0.1) is 0 Å². The molecule has 0 radical (unpaired) electrons. The number of carbonyl (C=O) groups is 1. The maximum Gasteiger partial charge on any atom is 0.220 e. The SMILES string of the molecule is CCNC(=NCCCC(=O)NC1CC1)N1CCCC(C)C1.I. The van der Waals surface area contributed by atoms with E-state index in [-0.39, 0.29) is 29.9 Å². The number of rotatable bonds is 6. The summed E-state index contributed by atoms with van der Waals surface area (Å²) in [5.41, 5.74) is 0. The van der Waals surface area contributed by atoms with Crippen LogP contribution in [-0.2, 0) is 4.79 Å². The molecule has 128 valence electrons. The predicted octanol–water partition coefficient (Wildman–Crippen LogP) is 2.36. The number of likely N-dealkylation sites (tertiary alicyclic amines) is 1. The van der Waals surface area contributed by atoms with Crippen molar-refractivity contribution in [1.29, 1.82) is 0 Å². The fraction of sp³-hybridized carbons (Fsp3) is 0.875. The largest absolute Gasteiger partial charge is 0.357 e. The third-order valence-corrected chi connectivity index (χ3v) is 4.06. The van der Waals surface area contributed by atoms with E-state index >= 15 is 0 Å². The molecule has 1 unspecified atom stereocenters. The highest BCUT2D eigenvalue weighted by molar-refractivity contribution is 14.0. The normalized spacial score (nSPS) is 22.0. The van der Waals surface area contributed by atoms with E-state index < -0.39 is 0 Å². The molecule has 1 amide bonds. The number of hydrogen-bond acceptors (Lipinski definition) is 2. The molecule has 1 aliphatic carbocycles. The zero-order valence-corrected chi connectivity index (χ0v) is 16.3. The van der Waals surface area contributed by atoms with E-state index in [4.69, 9.17) is 0 Å². The molecule has 1 atom stereocenters. The van der Waals surface area contributed by atoms with Crippen molar-refractivity contribution in [2.75, 3.05) is 26.2 Å². The predicted molar refractivity (Wildman–Crippen MR) is 102 cm³/mol. The van der Waals surface area contributed by atoms with Crippen LogP contribution in [0.4, 0.5) is 0 Å². The molecule has 1 saturated carbocycles. The third-order valence-electron chi connectivity index (χ3n) is 4.06. The molecule has 0 aromatic carbocycles. The van der Waals surface area contributed by atoms with Crippen LogP contribution in [0.1, 0.15) is 52.4 Å². The Labute approximate surface area is 151 Å². The van der Waals surface area contributed by atoms with Crippen LogP contribution < -0.4 is 10.6 Å². The number of aliphatic imine (C=N–C) groups is 1. The van der Waals surface area contributed by atoms with Crippen molar-refractivity contribution in [2.24, 2.45) is 10.9 Å². The topological polar surface area (TPSA) is 56.7 Å². The third kappa shape index (κ3) is 7.15. The summed E-state index contributed by atoms with van der Waals surface area (Å²) in [6, 6.07) is 0.466. The molecule has 2 fully saturated rings. The van der Waals surface area contributed by atoms with Crippen molar-refractivity contribution in [2.45, 2.75) is 58.4 Å². The Morgan fingerprint density at radius 1 is 1.32 bits per heavy atom. The molecular formula is C16H31IN4O. The number of carbonyl (C=O) groups excluding carboxylic acids is 1. The van der Waals surface area contributed by atoms with Gasteiger partial charge in [-0.1, -0.05) is 6.92 Å². The summed E-state index contributed by atoms with van der Waals surface area (Å²) >= 11 is 0. The van der Waals surface area contributed by atoms with Crippen LogP contribution >= 0.6 is 24.0 Å².